The number of hydrogen-bond donors (Lipinski definition) is 0. The molecular weight excluding hydrogens is 492 g/mol. The van der Waals surface area contributed by atoms with Crippen molar-refractivity contribution in [2.45, 2.75) is 0 Å². The summed E-state index contributed by atoms with van der Waals surface area (Å²) in [5, 5.41) is 0. The van der Waals surface area contributed by atoms with E-state index in [4.69, 9.17) is 12.1 Å². The fourth-order valence-electron chi connectivity index (χ4n) is 1.02. The fourth-order valence-corrected chi connectivity index (χ4v) is 3.13. The number of rotatable bonds is 0. The molecule has 3 heterocycles. The molecule has 12 heteroatoms. The Kier molecular flexibility index (Phi) is 7.01. The van der Waals surface area contributed by atoms with Crippen LogP contribution in [0.15, 0.2) is 24.5 Å². The van der Waals surface area contributed by atoms with Crippen LogP contribution in [-0.4, -0.2) is 75.8 Å². The molecule has 3 rings (SSSR count). The molecule has 1 aliphatic rings. The van der Waals surface area contributed by atoms with Crippen LogP contribution in [0.5, 0.6) is 23.8 Å². The van der Waals surface area contributed by atoms with E-state index in [1.165, 1.54) is 0 Å². The van der Waals surface area contributed by atoms with Gasteiger partial charge >= 0.3 is 125 Å². The predicted octanol–water partition coefficient (Wildman–Crippen LogP) is -2.09. The second kappa shape index (κ2) is 8.26. The van der Waals surface area contributed by atoms with Crippen LogP contribution in [0.25, 0.3) is 0 Å². The van der Waals surface area contributed by atoms with Gasteiger partial charge in [-0.15, -0.1) is 0 Å². The topological polar surface area (TPSA) is 151 Å². The molecule has 1 aliphatic heterocycles. The van der Waals surface area contributed by atoms with Crippen molar-refractivity contribution in [1.29, 1.82) is 0 Å². The Labute approximate surface area is 135 Å². The average molecular weight is 500 g/mol. The maximum atomic E-state index is 5.43. The van der Waals surface area contributed by atoms with Crippen molar-refractivity contribution in [1.82, 2.24) is 19.9 Å². The van der Waals surface area contributed by atoms with Crippen LogP contribution in [0.2, 0.25) is 0 Å². The molecule has 0 fully saturated rings. The molecule has 0 aromatic carbocycles. The summed E-state index contributed by atoms with van der Waals surface area (Å²) < 4.78 is 21.5. The molecule has 0 saturated heterocycles. The van der Waals surface area contributed by atoms with Gasteiger partial charge in [0, 0.05) is 0 Å². The van der Waals surface area contributed by atoms with Gasteiger partial charge in [-0.3, -0.25) is 0 Å². The summed E-state index contributed by atoms with van der Waals surface area (Å²) in [6.07, 6.45) is 3.12. The molecular formula is C8H8N4O6Sb2. The third-order valence-electron chi connectivity index (χ3n) is 1.72. The van der Waals surface area contributed by atoms with Gasteiger partial charge in [0.15, 0.2) is 0 Å². The number of fused-ring (bicyclic) bond motifs is 4. The molecule has 4 N–H and O–H groups in total. The van der Waals surface area contributed by atoms with Crippen LogP contribution in [0, 0.1) is 0 Å². The molecule has 10 nitrogen and oxygen atoms in total. The summed E-state index contributed by atoms with van der Waals surface area (Å²) >= 11 is -2.83. The van der Waals surface area contributed by atoms with Gasteiger partial charge in [0.25, 0.3) is 0 Å². The summed E-state index contributed by atoms with van der Waals surface area (Å²) in [5.74, 6) is 0.866. The zero-order valence-electron chi connectivity index (χ0n) is 9.63. The van der Waals surface area contributed by atoms with Gasteiger partial charge in [0.05, 0.1) is 0 Å². The first-order valence-electron chi connectivity index (χ1n) is 4.65. The van der Waals surface area contributed by atoms with Crippen molar-refractivity contribution in [2.75, 3.05) is 0 Å². The monoisotopic (exact) mass is 498 g/mol. The van der Waals surface area contributed by atoms with Crippen LogP contribution in [-0.2, 0) is 0 Å². The normalized spacial score (nSPS) is 12.4. The van der Waals surface area contributed by atoms with Crippen LogP contribution in [0.1, 0.15) is 0 Å². The molecule has 2 aromatic rings. The van der Waals surface area contributed by atoms with Gasteiger partial charge in [0.2, 0.25) is 0 Å². The average Bonchev–Trinajstić information content (AvgIpc) is 2.39. The minimum atomic E-state index is -1.45. The molecule has 0 atom stereocenters. The first kappa shape index (κ1) is 17.0. The predicted molar refractivity (Wildman–Crippen MR) is 65.3 cm³/mol. The second-order valence-corrected chi connectivity index (χ2v) is 5.80. The minimum absolute atomic E-state index is 0. The quantitative estimate of drug-likeness (QED) is 0.374. The Morgan fingerprint density at radius 3 is 1.65 bits per heavy atom. The molecule has 0 unspecified atom stereocenters. The van der Waals surface area contributed by atoms with Crippen molar-refractivity contribution in [3.05, 3.63) is 24.5 Å². The van der Waals surface area contributed by atoms with Gasteiger partial charge in [0.1, 0.15) is 0 Å². The van der Waals surface area contributed by atoms with Crippen molar-refractivity contribution >= 4 is 44.9 Å². The summed E-state index contributed by atoms with van der Waals surface area (Å²) in [6.45, 7) is 0. The van der Waals surface area contributed by atoms with Crippen molar-refractivity contribution < 1.29 is 23.0 Å². The fraction of sp³-hybridized carbons (Fsp3) is 0. The van der Waals surface area contributed by atoms with E-state index in [1.807, 2.05) is 0 Å². The van der Waals surface area contributed by atoms with E-state index in [0.29, 0.717) is 11.8 Å². The van der Waals surface area contributed by atoms with Gasteiger partial charge in [-0.1, -0.05) is 0 Å². The van der Waals surface area contributed by atoms with E-state index in [0.717, 1.165) is 0 Å². The summed E-state index contributed by atoms with van der Waals surface area (Å²) in [5.41, 5.74) is 0. The second-order valence-electron chi connectivity index (χ2n) is 2.87. The van der Waals surface area contributed by atoms with Gasteiger partial charge in [-0.2, -0.15) is 0 Å². The number of nitrogens with zero attached hydrogens (tertiary/aromatic N) is 4. The van der Waals surface area contributed by atoms with Crippen LogP contribution < -0.4 is 12.1 Å². The Bertz CT molecular complexity index is 474. The molecule has 2 aromatic heterocycles. The zero-order chi connectivity index (χ0) is 12.2. The van der Waals surface area contributed by atoms with E-state index < -0.39 is 44.9 Å². The van der Waals surface area contributed by atoms with E-state index in [9.17, 15) is 0 Å². The van der Waals surface area contributed by atoms with Gasteiger partial charge in [-0.05, 0) is 0 Å². The van der Waals surface area contributed by atoms with Crippen LogP contribution in [0.4, 0.5) is 0 Å². The van der Waals surface area contributed by atoms with E-state index in [1.54, 1.807) is 24.5 Å². The van der Waals surface area contributed by atoms with Crippen molar-refractivity contribution in [3.8, 4) is 23.8 Å². The van der Waals surface area contributed by atoms with Crippen molar-refractivity contribution in [2.24, 2.45) is 0 Å². The van der Waals surface area contributed by atoms with Gasteiger partial charge < -0.3 is 11.0 Å². The first-order chi connectivity index (χ1) is 8.90. The molecule has 106 valence electrons. The Morgan fingerprint density at radius 1 is 0.700 bits per heavy atom. The van der Waals surface area contributed by atoms with E-state index in [2.05, 4.69) is 19.9 Å². The molecule has 0 spiro atoms. The van der Waals surface area contributed by atoms with Crippen LogP contribution >= 0.6 is 0 Å². The molecule has 2 radical (unpaired) electrons. The van der Waals surface area contributed by atoms with Gasteiger partial charge in [-0.25, -0.2) is 0 Å². The molecule has 0 saturated carbocycles. The summed E-state index contributed by atoms with van der Waals surface area (Å²) in [7, 11) is 0. The molecule has 20 heavy (non-hydrogen) atoms. The third kappa shape index (κ3) is 4.48. The SMILES string of the molecule is O.O.c1cc2nc(n1)[O][Sb][O]c1nccc(n1)[O][Sb][O]2. The Balaban J connectivity index is 0.000001000. The van der Waals surface area contributed by atoms with Crippen LogP contribution in [0.3, 0.4) is 0 Å². The zero-order valence-corrected chi connectivity index (χ0v) is 14.7. The number of hydrogen-bond acceptors (Lipinski definition) is 8. The first-order valence-corrected chi connectivity index (χ1v) is 8.82. The third-order valence-corrected chi connectivity index (χ3v) is 4.57. The van der Waals surface area contributed by atoms with E-state index >= 15 is 0 Å². The van der Waals surface area contributed by atoms with E-state index in [-0.39, 0.29) is 23.0 Å². The Hall–Kier alpha value is -1.08. The maximum absolute atomic E-state index is 5.43. The summed E-state index contributed by atoms with van der Waals surface area (Å²) in [6, 6.07) is 3.76. The molecule has 0 amide bonds. The standard InChI is InChI=1S/2C4H4N2O2.2H2O.2Sb/c2*7-3-1-2-5-4(8)6-3;;;;/h2*1-2H,(H2,5,6,7,8);2*1H2;;/q;;;;2*+2/p-4. The summed E-state index contributed by atoms with van der Waals surface area (Å²) in [4.78, 5) is 16.0. The Morgan fingerprint density at radius 2 is 1.15 bits per heavy atom. The molecule has 4 bridgehead atoms. The molecule has 0 aliphatic carbocycles. The number of aromatic nitrogens is 4. The van der Waals surface area contributed by atoms with Crippen molar-refractivity contribution in [3.63, 3.8) is 0 Å².